The minimum Gasteiger partial charge on any atom is -0.310 e. The Balaban J connectivity index is 0.852. The van der Waals surface area contributed by atoms with E-state index in [1.807, 2.05) is 0 Å². The summed E-state index contributed by atoms with van der Waals surface area (Å²) < 4.78 is 2.41. The molecule has 2 aromatic heterocycles. The highest BCUT2D eigenvalue weighted by atomic mass is 15.1. The maximum absolute atomic E-state index is 5.18. The van der Waals surface area contributed by atoms with Crippen molar-refractivity contribution in [3.8, 4) is 61.8 Å². The van der Waals surface area contributed by atoms with Gasteiger partial charge in [0.2, 0.25) is 0 Å². The van der Waals surface area contributed by atoms with Crippen molar-refractivity contribution in [3.05, 3.63) is 296 Å². The molecule has 0 N–H and O–H groups in total. The Morgan fingerprint density at radius 1 is 0.282 bits per heavy atom. The van der Waals surface area contributed by atoms with E-state index < -0.39 is 0 Å². The summed E-state index contributed by atoms with van der Waals surface area (Å²) in [5.41, 5.74) is 23.2. The lowest BCUT2D eigenvalue weighted by Gasteiger charge is -2.26. The first-order chi connectivity index (χ1) is 38.4. The Bertz CT molecular complexity index is 3980. The smallest absolute Gasteiger partial charge is 0.160 e. The normalized spacial score (nSPS) is 11.3. The topological polar surface area (TPSA) is 37.2 Å². The van der Waals surface area contributed by atoms with Crippen LogP contribution in [-0.2, 0) is 0 Å². The number of anilines is 6. The van der Waals surface area contributed by atoms with Crippen molar-refractivity contribution in [2.45, 2.75) is 20.8 Å². The second-order valence-electron chi connectivity index (χ2n) is 20.0. The van der Waals surface area contributed by atoms with Crippen molar-refractivity contribution in [2.75, 3.05) is 9.80 Å². The zero-order valence-corrected chi connectivity index (χ0v) is 43.8. The van der Waals surface area contributed by atoms with E-state index in [-0.39, 0.29) is 0 Å². The summed E-state index contributed by atoms with van der Waals surface area (Å²) in [6.45, 7) is 6.45. The highest BCUT2D eigenvalue weighted by Gasteiger charge is 2.21. The molecule has 13 aromatic rings. The van der Waals surface area contributed by atoms with Gasteiger partial charge in [0.15, 0.2) is 5.82 Å². The van der Waals surface area contributed by atoms with Crippen LogP contribution in [0.2, 0.25) is 0 Å². The molecule has 5 heteroatoms. The second-order valence-corrected chi connectivity index (χ2v) is 20.0. The molecular formula is C73H55N5. The molecule has 0 unspecified atom stereocenters. The average Bonchev–Trinajstić information content (AvgIpc) is 3.86. The standard InChI is InChI=1S/C73H55N5/c1-50-20-16-18-30-65(50)70-49-69(74-73(75-70)66-31-19-17-21-51(66)2)56-38-43-64(52(3)46-56)55-34-32-53(33-35-55)54-36-39-61(40-37-54)78-71-44-41-62(76(57-22-8-4-9-23-57)58-24-10-5-11-25-58)47-67(71)68-48-63(42-45-72(68)78)77(59-26-12-6-13-27-59)60-28-14-7-15-29-60/h4-49H,1-3H3. The largest absolute Gasteiger partial charge is 0.310 e. The van der Waals surface area contributed by atoms with Gasteiger partial charge in [-0.3, -0.25) is 0 Å². The molecule has 0 saturated carbocycles. The number of benzene rings is 11. The SMILES string of the molecule is Cc1cc(-c2cc(-c3ccccc3C)nc(-c3ccccc3C)n2)ccc1-c1ccc(-c2ccc(-n3c4ccc(N(c5ccccc5)c5ccccc5)cc4c4cc(N(c5ccccc5)c5ccccc5)ccc43)cc2)cc1. The molecule has 0 aliphatic rings. The van der Waals surface area contributed by atoms with Gasteiger partial charge in [0.05, 0.1) is 22.4 Å². The van der Waals surface area contributed by atoms with Crippen LogP contribution in [-0.4, -0.2) is 14.5 Å². The second kappa shape index (κ2) is 20.6. The van der Waals surface area contributed by atoms with Crippen LogP contribution in [0.15, 0.2) is 279 Å². The molecule has 0 aliphatic carbocycles. The maximum Gasteiger partial charge on any atom is 0.160 e. The lowest BCUT2D eigenvalue weighted by Crippen LogP contribution is -2.09. The summed E-state index contributed by atoms with van der Waals surface area (Å²) in [4.78, 5) is 15.0. The van der Waals surface area contributed by atoms with Crippen molar-refractivity contribution in [2.24, 2.45) is 0 Å². The minimum absolute atomic E-state index is 0.733. The van der Waals surface area contributed by atoms with Crippen LogP contribution in [0, 0.1) is 20.8 Å². The predicted octanol–water partition coefficient (Wildman–Crippen LogP) is 19.8. The molecule has 0 bridgehead atoms. The summed E-state index contributed by atoms with van der Waals surface area (Å²) in [5, 5.41) is 2.34. The van der Waals surface area contributed by atoms with Crippen LogP contribution in [0.4, 0.5) is 34.1 Å². The minimum atomic E-state index is 0.733. The Kier molecular flexibility index (Phi) is 12.5. The summed E-state index contributed by atoms with van der Waals surface area (Å²) in [5.74, 6) is 0.733. The van der Waals surface area contributed by atoms with E-state index in [0.29, 0.717) is 0 Å². The molecule has 0 saturated heterocycles. The molecule has 0 aliphatic heterocycles. The molecule has 0 fully saturated rings. The van der Waals surface area contributed by atoms with E-state index in [1.54, 1.807) is 0 Å². The highest BCUT2D eigenvalue weighted by molar-refractivity contribution is 6.12. The summed E-state index contributed by atoms with van der Waals surface area (Å²) in [7, 11) is 0. The van der Waals surface area contributed by atoms with Crippen LogP contribution >= 0.6 is 0 Å². The lowest BCUT2D eigenvalue weighted by atomic mass is 9.95. The number of aryl methyl sites for hydroxylation is 3. The number of fused-ring (bicyclic) bond motifs is 3. The first-order valence-electron chi connectivity index (χ1n) is 26.6. The molecular weight excluding hydrogens is 947 g/mol. The number of hydrogen-bond acceptors (Lipinski definition) is 4. The van der Waals surface area contributed by atoms with Crippen LogP contribution in [0.3, 0.4) is 0 Å². The summed E-state index contributed by atoms with van der Waals surface area (Å²) in [6, 6.07) is 99.9. The van der Waals surface area contributed by atoms with Crippen molar-refractivity contribution < 1.29 is 0 Å². The first-order valence-corrected chi connectivity index (χ1v) is 26.6. The Hall–Kier alpha value is -10.1. The molecule has 5 nitrogen and oxygen atoms in total. The van der Waals surface area contributed by atoms with E-state index in [9.17, 15) is 0 Å². The van der Waals surface area contributed by atoms with Gasteiger partial charge in [-0.1, -0.05) is 170 Å². The van der Waals surface area contributed by atoms with Gasteiger partial charge in [0.25, 0.3) is 0 Å². The molecule has 372 valence electrons. The number of para-hydroxylation sites is 4. The molecule has 11 aromatic carbocycles. The van der Waals surface area contributed by atoms with Crippen molar-refractivity contribution in [3.63, 3.8) is 0 Å². The lowest BCUT2D eigenvalue weighted by molar-refractivity contribution is 1.17. The molecule has 0 radical (unpaired) electrons. The zero-order chi connectivity index (χ0) is 52.5. The van der Waals surface area contributed by atoms with Gasteiger partial charge in [-0.25, -0.2) is 9.97 Å². The van der Waals surface area contributed by atoms with E-state index in [4.69, 9.17) is 9.97 Å². The van der Waals surface area contributed by atoms with Gasteiger partial charge in [-0.05, 0) is 169 Å². The first kappa shape index (κ1) is 47.6. The van der Waals surface area contributed by atoms with Gasteiger partial charge in [-0.15, -0.1) is 0 Å². The highest BCUT2D eigenvalue weighted by Crippen LogP contribution is 2.43. The van der Waals surface area contributed by atoms with Crippen molar-refractivity contribution in [1.82, 2.24) is 14.5 Å². The number of hydrogen-bond donors (Lipinski definition) is 0. The van der Waals surface area contributed by atoms with Gasteiger partial charge in [0.1, 0.15) is 0 Å². The fraction of sp³-hybridized carbons (Fsp3) is 0.0411. The molecule has 0 amide bonds. The van der Waals surface area contributed by atoms with E-state index in [0.717, 1.165) is 101 Å². The quantitative estimate of drug-likeness (QED) is 0.122. The Labute approximate surface area is 456 Å². The number of nitrogens with zero attached hydrogens (tertiary/aromatic N) is 5. The van der Waals surface area contributed by atoms with E-state index >= 15 is 0 Å². The summed E-state index contributed by atoms with van der Waals surface area (Å²) >= 11 is 0. The number of aromatic nitrogens is 3. The van der Waals surface area contributed by atoms with Gasteiger partial charge in [0, 0.05) is 67.3 Å². The van der Waals surface area contributed by atoms with Crippen molar-refractivity contribution in [1.29, 1.82) is 0 Å². The molecule has 0 spiro atoms. The monoisotopic (exact) mass is 1000 g/mol. The third-order valence-corrected chi connectivity index (χ3v) is 15.0. The van der Waals surface area contributed by atoms with Gasteiger partial charge in [-0.2, -0.15) is 0 Å². The maximum atomic E-state index is 5.18. The summed E-state index contributed by atoms with van der Waals surface area (Å²) in [6.07, 6.45) is 0. The predicted molar refractivity (Wildman–Crippen MR) is 327 cm³/mol. The Morgan fingerprint density at radius 2 is 0.692 bits per heavy atom. The molecule has 2 heterocycles. The molecule has 78 heavy (non-hydrogen) atoms. The van der Waals surface area contributed by atoms with Crippen molar-refractivity contribution >= 4 is 55.9 Å². The van der Waals surface area contributed by atoms with Crippen LogP contribution < -0.4 is 9.80 Å². The fourth-order valence-corrected chi connectivity index (χ4v) is 11.1. The van der Waals surface area contributed by atoms with E-state index in [1.165, 1.54) is 33.0 Å². The zero-order valence-electron chi connectivity index (χ0n) is 43.8. The van der Waals surface area contributed by atoms with Crippen LogP contribution in [0.1, 0.15) is 16.7 Å². The third kappa shape index (κ3) is 9.07. The molecule has 13 rings (SSSR count). The Morgan fingerprint density at radius 3 is 1.17 bits per heavy atom. The average molecular weight is 1000 g/mol. The van der Waals surface area contributed by atoms with Crippen LogP contribution in [0.5, 0.6) is 0 Å². The third-order valence-electron chi connectivity index (χ3n) is 15.0. The number of rotatable bonds is 12. The van der Waals surface area contributed by atoms with E-state index in [2.05, 4.69) is 314 Å². The van der Waals surface area contributed by atoms with Gasteiger partial charge >= 0.3 is 0 Å². The molecule has 0 atom stereocenters. The van der Waals surface area contributed by atoms with Gasteiger partial charge < -0.3 is 14.4 Å². The fourth-order valence-electron chi connectivity index (χ4n) is 11.1. The van der Waals surface area contributed by atoms with Crippen LogP contribution in [0.25, 0.3) is 83.6 Å².